The molecule has 2 saturated heterocycles. The number of piperidine rings is 1. The minimum atomic E-state index is -0.271. The molecule has 0 bridgehead atoms. The van der Waals surface area contributed by atoms with Crippen molar-refractivity contribution in [2.75, 3.05) is 25.6 Å². The lowest BCUT2D eigenvalue weighted by Gasteiger charge is -2.32. The van der Waals surface area contributed by atoms with E-state index in [0.29, 0.717) is 19.7 Å². The zero-order valence-corrected chi connectivity index (χ0v) is 11.1. The second kappa shape index (κ2) is 6.38. The van der Waals surface area contributed by atoms with E-state index < -0.39 is 0 Å². The van der Waals surface area contributed by atoms with Crippen molar-refractivity contribution in [1.82, 2.24) is 10.2 Å². The number of alkyl halides is 1. The van der Waals surface area contributed by atoms with Crippen molar-refractivity contribution in [3.8, 4) is 0 Å². The first-order valence-corrected chi connectivity index (χ1v) is 7.00. The summed E-state index contributed by atoms with van der Waals surface area (Å²) in [5, 5.41) is 3.00. The average Bonchev–Trinajstić information content (AvgIpc) is 2.92. The molecule has 0 aromatic rings. The van der Waals surface area contributed by atoms with Crippen LogP contribution in [0.3, 0.4) is 0 Å². The first kappa shape index (κ1) is 13.6. The monoisotopic (exact) mass is 274 g/mol. The topological polar surface area (TPSA) is 58.6 Å². The van der Waals surface area contributed by atoms with Gasteiger partial charge in [-0.25, -0.2) is 0 Å². The van der Waals surface area contributed by atoms with Crippen molar-refractivity contribution < 1.29 is 14.3 Å². The molecule has 6 heteroatoms. The van der Waals surface area contributed by atoms with Crippen LogP contribution in [0.15, 0.2) is 0 Å². The highest BCUT2D eigenvalue weighted by Gasteiger charge is 2.28. The van der Waals surface area contributed by atoms with Gasteiger partial charge in [-0.15, -0.1) is 11.6 Å². The van der Waals surface area contributed by atoms with Gasteiger partial charge in [-0.3, -0.25) is 9.59 Å². The first-order valence-electron chi connectivity index (χ1n) is 6.46. The number of carbonyl (C=O) groups excluding carboxylic acids is 2. The molecule has 2 aliphatic heterocycles. The summed E-state index contributed by atoms with van der Waals surface area (Å²) >= 11 is 5.51. The molecule has 2 rings (SSSR count). The Morgan fingerprint density at radius 2 is 2.00 bits per heavy atom. The third-order valence-corrected chi connectivity index (χ3v) is 3.76. The summed E-state index contributed by atoms with van der Waals surface area (Å²) in [5.41, 5.74) is 0. The number of nitrogens with one attached hydrogen (secondary N) is 1. The zero-order chi connectivity index (χ0) is 13.0. The smallest absolute Gasteiger partial charge is 0.249 e. The normalized spacial score (nSPS) is 25.2. The molecule has 102 valence electrons. The Morgan fingerprint density at radius 3 is 2.56 bits per heavy atom. The number of rotatable bonds is 3. The van der Waals surface area contributed by atoms with Gasteiger partial charge in [0.15, 0.2) is 0 Å². The lowest BCUT2D eigenvalue weighted by Crippen LogP contribution is -2.49. The number of nitrogens with zero attached hydrogens (tertiary/aromatic N) is 1. The van der Waals surface area contributed by atoms with Gasteiger partial charge in [0.05, 0.1) is 0 Å². The van der Waals surface area contributed by atoms with Crippen molar-refractivity contribution in [1.29, 1.82) is 0 Å². The zero-order valence-electron chi connectivity index (χ0n) is 10.4. The first-order chi connectivity index (χ1) is 8.70. The molecule has 2 heterocycles. The Kier molecular flexibility index (Phi) is 4.83. The SMILES string of the molecule is O=C(NC1CCN(C(=O)CCl)CC1)C1CCCO1. The van der Waals surface area contributed by atoms with Crippen LogP contribution in [0.2, 0.25) is 0 Å². The van der Waals surface area contributed by atoms with Crippen LogP contribution in [0, 0.1) is 0 Å². The summed E-state index contributed by atoms with van der Waals surface area (Å²) < 4.78 is 5.34. The van der Waals surface area contributed by atoms with E-state index in [1.54, 1.807) is 4.90 Å². The number of ether oxygens (including phenoxy) is 1. The standard InChI is InChI=1S/C12H19ClN2O3/c13-8-11(16)15-5-3-9(4-6-15)14-12(17)10-2-1-7-18-10/h9-10H,1-8H2,(H,14,17). The third-order valence-electron chi connectivity index (χ3n) is 3.53. The van der Waals surface area contributed by atoms with Gasteiger partial charge in [0.1, 0.15) is 12.0 Å². The summed E-state index contributed by atoms with van der Waals surface area (Å²) in [7, 11) is 0. The molecule has 1 unspecified atom stereocenters. The number of hydrogen-bond donors (Lipinski definition) is 1. The van der Waals surface area contributed by atoms with Crippen LogP contribution in [-0.4, -0.2) is 54.4 Å². The molecule has 0 spiro atoms. The Morgan fingerprint density at radius 1 is 1.28 bits per heavy atom. The maximum Gasteiger partial charge on any atom is 0.249 e. The van der Waals surface area contributed by atoms with Crippen LogP contribution in [0.5, 0.6) is 0 Å². The maximum absolute atomic E-state index is 11.8. The fraction of sp³-hybridized carbons (Fsp3) is 0.833. The van der Waals surface area contributed by atoms with Gasteiger partial charge in [0, 0.05) is 25.7 Å². The Labute approximate surface area is 112 Å². The molecular weight excluding hydrogens is 256 g/mol. The maximum atomic E-state index is 11.8. The van der Waals surface area contributed by atoms with Gasteiger partial charge in [0.2, 0.25) is 11.8 Å². The Balaban J connectivity index is 1.73. The molecule has 1 atom stereocenters. The van der Waals surface area contributed by atoms with Crippen molar-refractivity contribution in [3.63, 3.8) is 0 Å². The van der Waals surface area contributed by atoms with Crippen LogP contribution in [0.25, 0.3) is 0 Å². The molecule has 0 radical (unpaired) electrons. The largest absolute Gasteiger partial charge is 0.368 e. The van der Waals surface area contributed by atoms with Crippen molar-refractivity contribution in [2.24, 2.45) is 0 Å². The summed E-state index contributed by atoms with van der Waals surface area (Å²) in [6.45, 7) is 2.02. The number of carbonyl (C=O) groups is 2. The number of halogens is 1. The molecule has 5 nitrogen and oxygen atoms in total. The van der Waals surface area contributed by atoms with Gasteiger partial charge in [-0.1, -0.05) is 0 Å². The third kappa shape index (κ3) is 3.36. The highest BCUT2D eigenvalue weighted by atomic mass is 35.5. The second-order valence-electron chi connectivity index (χ2n) is 4.80. The predicted octanol–water partition coefficient (Wildman–Crippen LogP) is 0.511. The average molecular weight is 275 g/mol. The Bertz CT molecular complexity index is 310. The Hall–Kier alpha value is -0.810. The number of likely N-dealkylation sites (tertiary alicyclic amines) is 1. The van der Waals surface area contributed by atoms with Crippen LogP contribution in [-0.2, 0) is 14.3 Å². The summed E-state index contributed by atoms with van der Waals surface area (Å²) in [4.78, 5) is 25.0. The van der Waals surface area contributed by atoms with Crippen LogP contribution < -0.4 is 5.32 Å². The molecule has 2 amide bonds. The predicted molar refractivity (Wildman–Crippen MR) is 67.4 cm³/mol. The highest BCUT2D eigenvalue weighted by molar-refractivity contribution is 6.27. The minimum Gasteiger partial charge on any atom is -0.368 e. The van der Waals surface area contributed by atoms with Gasteiger partial charge >= 0.3 is 0 Å². The molecule has 2 fully saturated rings. The molecule has 2 aliphatic rings. The molecular formula is C12H19ClN2O3. The van der Waals surface area contributed by atoms with E-state index in [0.717, 1.165) is 25.7 Å². The summed E-state index contributed by atoms with van der Waals surface area (Å²) in [6.07, 6.45) is 3.09. The van der Waals surface area contributed by atoms with E-state index in [2.05, 4.69) is 5.32 Å². The lowest BCUT2D eigenvalue weighted by molar-refractivity contribution is -0.132. The quantitative estimate of drug-likeness (QED) is 0.763. The summed E-state index contributed by atoms with van der Waals surface area (Å²) in [6, 6.07) is 0.154. The van der Waals surface area contributed by atoms with Crippen LogP contribution in [0.4, 0.5) is 0 Å². The second-order valence-corrected chi connectivity index (χ2v) is 5.07. The molecule has 1 N–H and O–H groups in total. The fourth-order valence-electron chi connectivity index (χ4n) is 2.44. The molecule has 0 aliphatic carbocycles. The molecule has 0 aromatic heterocycles. The highest BCUT2D eigenvalue weighted by Crippen LogP contribution is 2.15. The van der Waals surface area contributed by atoms with Crippen LogP contribution >= 0.6 is 11.6 Å². The van der Waals surface area contributed by atoms with Gasteiger partial charge in [-0.05, 0) is 25.7 Å². The lowest BCUT2D eigenvalue weighted by atomic mass is 10.0. The molecule has 0 aromatic carbocycles. The van der Waals surface area contributed by atoms with E-state index in [9.17, 15) is 9.59 Å². The number of hydrogen-bond acceptors (Lipinski definition) is 3. The molecule has 18 heavy (non-hydrogen) atoms. The van der Waals surface area contributed by atoms with E-state index in [1.807, 2.05) is 0 Å². The van der Waals surface area contributed by atoms with E-state index in [4.69, 9.17) is 16.3 Å². The fourth-order valence-corrected chi connectivity index (χ4v) is 2.61. The van der Waals surface area contributed by atoms with E-state index in [1.165, 1.54) is 0 Å². The summed E-state index contributed by atoms with van der Waals surface area (Å²) in [5.74, 6) is 0.00243. The molecule has 0 saturated carbocycles. The number of amides is 2. The van der Waals surface area contributed by atoms with Crippen molar-refractivity contribution in [3.05, 3.63) is 0 Å². The van der Waals surface area contributed by atoms with Gasteiger partial charge < -0.3 is 15.0 Å². The van der Waals surface area contributed by atoms with Crippen molar-refractivity contribution in [2.45, 2.75) is 37.8 Å². The van der Waals surface area contributed by atoms with E-state index >= 15 is 0 Å². The van der Waals surface area contributed by atoms with Gasteiger partial charge in [0.25, 0.3) is 0 Å². The van der Waals surface area contributed by atoms with Gasteiger partial charge in [-0.2, -0.15) is 0 Å². The van der Waals surface area contributed by atoms with Crippen molar-refractivity contribution >= 4 is 23.4 Å². The van der Waals surface area contributed by atoms with Crippen LogP contribution in [0.1, 0.15) is 25.7 Å². The van der Waals surface area contributed by atoms with E-state index in [-0.39, 0.29) is 29.8 Å². The minimum absolute atomic E-state index is 0.00498.